The molecule has 0 heterocycles. The zero-order valence-electron chi connectivity index (χ0n) is 24.8. The minimum Gasteiger partial charge on any atom is -0.430 e. The molecule has 3 aromatic rings. The normalized spacial score (nSPS) is 18.0. The summed E-state index contributed by atoms with van der Waals surface area (Å²) in [5.74, 6) is -2.45. The van der Waals surface area contributed by atoms with E-state index in [9.17, 15) is 18.0 Å². The van der Waals surface area contributed by atoms with Crippen LogP contribution in [0.25, 0.3) is 21.9 Å². The van der Waals surface area contributed by atoms with E-state index in [1.54, 1.807) is 52.0 Å². The van der Waals surface area contributed by atoms with Crippen LogP contribution in [0.5, 0.6) is 0 Å². The number of alkyl halides is 3. The van der Waals surface area contributed by atoms with Crippen molar-refractivity contribution in [1.82, 2.24) is 4.67 Å². The summed E-state index contributed by atoms with van der Waals surface area (Å²) in [7, 11) is 4.10. The lowest BCUT2D eigenvalue weighted by atomic mass is 9.80. The van der Waals surface area contributed by atoms with E-state index in [1.165, 1.54) is 11.8 Å². The van der Waals surface area contributed by atoms with Crippen LogP contribution in [0.1, 0.15) is 38.8 Å². The molecule has 0 amide bonds. The summed E-state index contributed by atoms with van der Waals surface area (Å²) in [4.78, 5) is 16.6. The summed E-state index contributed by atoms with van der Waals surface area (Å²) in [6.45, 7) is 7.12. The third-order valence-electron chi connectivity index (χ3n) is 7.52. The van der Waals surface area contributed by atoms with E-state index < -0.39 is 37.1 Å². The van der Waals surface area contributed by atoms with Crippen molar-refractivity contribution in [3.8, 4) is 11.1 Å². The highest BCUT2D eigenvalue weighted by molar-refractivity contribution is 7.58. The van der Waals surface area contributed by atoms with Gasteiger partial charge in [0.05, 0.1) is 0 Å². The van der Waals surface area contributed by atoms with Gasteiger partial charge in [-0.25, -0.2) is 9.46 Å². The van der Waals surface area contributed by atoms with Crippen molar-refractivity contribution >= 4 is 35.6 Å². The van der Waals surface area contributed by atoms with Crippen LogP contribution in [0.2, 0.25) is 0 Å². The van der Waals surface area contributed by atoms with Crippen molar-refractivity contribution in [2.45, 2.75) is 51.3 Å². The zero-order chi connectivity index (χ0) is 30.7. The first-order valence-electron chi connectivity index (χ1n) is 13.3. The summed E-state index contributed by atoms with van der Waals surface area (Å²) in [6, 6.07) is 13.2. The number of fused-ring (bicyclic) bond motifs is 2. The molecule has 4 rings (SSSR count). The number of carbonyl (C=O) groups is 1. The summed E-state index contributed by atoms with van der Waals surface area (Å²) >= 11 is 0. The quantitative estimate of drug-likeness (QED) is 0.203. The Labute approximate surface area is 239 Å². The molecule has 0 saturated carbocycles. The zero-order valence-corrected chi connectivity index (χ0v) is 25.7. The highest BCUT2D eigenvalue weighted by atomic mass is 31.2. The van der Waals surface area contributed by atoms with Crippen molar-refractivity contribution in [1.29, 1.82) is 0 Å². The molecule has 0 aliphatic heterocycles. The van der Waals surface area contributed by atoms with Crippen LogP contribution in [-0.4, -0.2) is 64.2 Å². The molecule has 1 aliphatic rings. The molecule has 0 saturated heterocycles. The minimum atomic E-state index is -5.35. The number of benzene rings is 3. The molecule has 2 unspecified atom stereocenters. The lowest BCUT2D eigenvalue weighted by Crippen LogP contribution is -2.48. The molecule has 0 fully saturated rings. The molecule has 7 nitrogen and oxygen atoms in total. The molecule has 2 atom stereocenters. The number of ether oxygens (including phenoxy) is 1. The Kier molecular flexibility index (Phi) is 8.02. The lowest BCUT2D eigenvalue weighted by Gasteiger charge is -2.49. The van der Waals surface area contributed by atoms with E-state index in [4.69, 9.17) is 9.26 Å². The number of esters is 1. The van der Waals surface area contributed by atoms with E-state index in [0.29, 0.717) is 16.3 Å². The second kappa shape index (κ2) is 10.6. The molecule has 41 heavy (non-hydrogen) atoms. The maximum atomic E-state index is 15.6. The Hall–Kier alpha value is -3.07. The first-order chi connectivity index (χ1) is 19.0. The summed E-state index contributed by atoms with van der Waals surface area (Å²) in [5.41, 5.74) is 3.13. The Bertz CT molecular complexity index is 1530. The number of halogens is 3. The average molecular weight is 592 g/mol. The Morgan fingerprint density at radius 2 is 1.49 bits per heavy atom. The summed E-state index contributed by atoms with van der Waals surface area (Å²) < 4.78 is 70.8. The molecule has 1 aliphatic carbocycles. The second-order valence-corrected chi connectivity index (χ2v) is 13.7. The van der Waals surface area contributed by atoms with Crippen LogP contribution in [0.4, 0.5) is 24.5 Å². The lowest BCUT2D eigenvalue weighted by molar-refractivity contribution is -0.207. The van der Waals surface area contributed by atoms with Crippen LogP contribution < -0.4 is 9.80 Å². The van der Waals surface area contributed by atoms with Gasteiger partial charge in [0.25, 0.3) is 5.34 Å². The van der Waals surface area contributed by atoms with Crippen LogP contribution >= 0.6 is 7.52 Å². The molecular weight excluding hydrogens is 554 g/mol. The van der Waals surface area contributed by atoms with Gasteiger partial charge in [0.1, 0.15) is 0 Å². The number of anilines is 2. The fraction of sp³-hybridized carbons (Fsp3) is 0.433. The van der Waals surface area contributed by atoms with Crippen LogP contribution in [0.3, 0.4) is 0 Å². The van der Waals surface area contributed by atoms with Gasteiger partial charge in [-0.1, -0.05) is 30.3 Å². The summed E-state index contributed by atoms with van der Waals surface area (Å²) in [5, 5.41) is -1.19. The largest absolute Gasteiger partial charge is 0.490 e. The molecule has 222 valence electrons. The van der Waals surface area contributed by atoms with Crippen LogP contribution in [0.15, 0.2) is 48.5 Å². The van der Waals surface area contributed by atoms with E-state index in [-0.39, 0.29) is 11.1 Å². The van der Waals surface area contributed by atoms with Gasteiger partial charge in [-0.15, -0.1) is 0 Å². The monoisotopic (exact) mass is 591 g/mol. The van der Waals surface area contributed by atoms with Gasteiger partial charge in [0.15, 0.2) is 0 Å². The second-order valence-electron chi connectivity index (χ2n) is 11.2. The molecule has 0 N–H and O–H groups in total. The Morgan fingerprint density at radius 1 is 0.878 bits per heavy atom. The third-order valence-corrected chi connectivity index (χ3v) is 10.9. The Balaban J connectivity index is 2.32. The number of nitrogens with zero attached hydrogens (tertiary/aromatic N) is 3. The molecule has 3 aromatic carbocycles. The SMILES string of the molecule is COP(=O)(N(C(C)C)C(C)C)C1(OC(=O)C(F)(F)F)c2ccc(N(C)C)cc2-c2cccc3c(N(C)C)ccc1c23. The first-order valence-corrected chi connectivity index (χ1v) is 14.9. The molecule has 0 spiro atoms. The number of rotatable bonds is 8. The van der Waals surface area contributed by atoms with Gasteiger partial charge < -0.3 is 19.1 Å². The fourth-order valence-corrected chi connectivity index (χ4v) is 9.19. The molecule has 0 aromatic heterocycles. The molecule has 0 radical (unpaired) electrons. The van der Waals surface area contributed by atoms with Crippen molar-refractivity contribution in [2.75, 3.05) is 45.1 Å². The van der Waals surface area contributed by atoms with Crippen LogP contribution in [-0.2, 0) is 24.0 Å². The van der Waals surface area contributed by atoms with E-state index in [2.05, 4.69) is 0 Å². The molecule has 0 bridgehead atoms. The topological polar surface area (TPSA) is 62.3 Å². The predicted octanol–water partition coefficient (Wildman–Crippen LogP) is 7.22. The van der Waals surface area contributed by atoms with E-state index in [0.717, 1.165) is 16.9 Å². The van der Waals surface area contributed by atoms with Crippen molar-refractivity contribution in [3.05, 3.63) is 59.7 Å². The van der Waals surface area contributed by atoms with Crippen molar-refractivity contribution in [2.24, 2.45) is 0 Å². The molecule has 11 heteroatoms. The van der Waals surface area contributed by atoms with Gasteiger partial charge in [0, 0.05) is 75.3 Å². The summed E-state index contributed by atoms with van der Waals surface area (Å²) in [6.07, 6.45) is -5.35. The fourth-order valence-electron chi connectivity index (χ4n) is 6.02. The number of carbonyl (C=O) groups excluding carboxylic acids is 1. The maximum Gasteiger partial charge on any atom is 0.490 e. The maximum absolute atomic E-state index is 15.6. The number of hydrogen-bond acceptors (Lipinski definition) is 6. The minimum absolute atomic E-state index is 0.162. The average Bonchev–Trinajstić information content (AvgIpc) is 2.88. The smallest absolute Gasteiger partial charge is 0.430 e. The van der Waals surface area contributed by atoms with Gasteiger partial charge in [-0.05, 0) is 62.4 Å². The third kappa shape index (κ3) is 4.70. The van der Waals surface area contributed by atoms with Crippen LogP contribution in [0, 0.1) is 0 Å². The van der Waals surface area contributed by atoms with Crippen molar-refractivity contribution in [3.63, 3.8) is 0 Å². The standard InChI is InChI=1S/C30H37F3N3O4P/c1-18(2)36(19(3)4)41(38,39-9)29(40-28(37)30(31,32)33)24-14-13-20(34(5)6)17-23(24)21-11-10-12-22-26(35(7)8)16-15-25(29)27(21)22/h10-19H,1-9H3. The van der Waals surface area contributed by atoms with Crippen molar-refractivity contribution < 1.29 is 31.8 Å². The van der Waals surface area contributed by atoms with E-state index >= 15 is 4.57 Å². The predicted molar refractivity (Wildman–Crippen MR) is 158 cm³/mol. The van der Waals surface area contributed by atoms with Gasteiger partial charge in [0.2, 0.25) is 0 Å². The highest BCUT2D eigenvalue weighted by Gasteiger charge is 2.64. The van der Waals surface area contributed by atoms with E-state index in [1.807, 2.05) is 62.3 Å². The first kappa shape index (κ1) is 30.9. The molecular formula is C30H37F3N3O4P. The Morgan fingerprint density at radius 3 is 2.00 bits per heavy atom. The highest BCUT2D eigenvalue weighted by Crippen LogP contribution is 2.74. The number of hydrogen-bond donors (Lipinski definition) is 0. The van der Waals surface area contributed by atoms with Gasteiger partial charge in [-0.2, -0.15) is 13.2 Å². The van der Waals surface area contributed by atoms with Gasteiger partial charge >= 0.3 is 19.7 Å². The van der Waals surface area contributed by atoms with Gasteiger partial charge in [-0.3, -0.25) is 4.57 Å².